The summed E-state index contributed by atoms with van der Waals surface area (Å²) in [7, 11) is 3.05. The van der Waals surface area contributed by atoms with E-state index in [0.717, 1.165) is 5.56 Å². The van der Waals surface area contributed by atoms with Gasteiger partial charge in [0, 0.05) is 18.0 Å². The molecular weight excluding hydrogens is 272 g/mol. The number of methoxy groups -OCH3 is 2. The van der Waals surface area contributed by atoms with E-state index < -0.39 is 0 Å². The third-order valence-electron chi connectivity index (χ3n) is 2.85. The van der Waals surface area contributed by atoms with E-state index in [4.69, 9.17) is 9.47 Å². The average molecular weight is 284 g/mol. The van der Waals surface area contributed by atoms with Crippen molar-refractivity contribution in [2.45, 2.75) is 0 Å². The monoisotopic (exact) mass is 284 g/mol. The molecule has 8 nitrogen and oxygen atoms in total. The Labute approximate surface area is 120 Å². The van der Waals surface area contributed by atoms with Gasteiger partial charge in [0.15, 0.2) is 11.5 Å². The lowest BCUT2D eigenvalue weighted by molar-refractivity contribution is 0.368. The van der Waals surface area contributed by atoms with Gasteiger partial charge in [-0.15, -0.1) is 10.2 Å². The summed E-state index contributed by atoms with van der Waals surface area (Å²) < 4.78 is 12.3. The Kier molecular flexibility index (Phi) is 3.42. The van der Waals surface area contributed by atoms with E-state index >= 15 is 0 Å². The van der Waals surface area contributed by atoms with Crippen molar-refractivity contribution >= 4 is 0 Å². The maximum Gasteiger partial charge on any atom is 0.245 e. The van der Waals surface area contributed by atoms with Gasteiger partial charge in [-0.2, -0.15) is 9.97 Å². The number of aromatic nitrogens is 6. The highest BCUT2D eigenvalue weighted by Gasteiger charge is 2.19. The minimum absolute atomic E-state index is 0.367. The standard InChI is InChI=1S/C13H12N6O2/c1-20-12-10(13(21-2)16-7-15-12)19-8-17-18-11(19)9-4-3-5-14-6-9/h3-8H,1-2H3. The highest BCUT2D eigenvalue weighted by Crippen LogP contribution is 2.31. The van der Waals surface area contributed by atoms with Crippen LogP contribution in [0.15, 0.2) is 37.2 Å². The minimum Gasteiger partial charge on any atom is -0.479 e. The average Bonchev–Trinajstić information content (AvgIpc) is 3.04. The van der Waals surface area contributed by atoms with Crippen molar-refractivity contribution in [3.8, 4) is 28.8 Å². The molecule has 0 saturated carbocycles. The fourth-order valence-corrected chi connectivity index (χ4v) is 1.94. The quantitative estimate of drug-likeness (QED) is 0.709. The molecule has 106 valence electrons. The highest BCUT2D eigenvalue weighted by molar-refractivity contribution is 5.60. The molecule has 0 aromatic carbocycles. The first-order valence-electron chi connectivity index (χ1n) is 6.09. The number of nitrogens with zero attached hydrogens (tertiary/aromatic N) is 6. The first-order valence-corrected chi connectivity index (χ1v) is 6.09. The zero-order chi connectivity index (χ0) is 14.7. The molecule has 0 radical (unpaired) electrons. The Morgan fingerprint density at radius 3 is 2.48 bits per heavy atom. The molecule has 3 aromatic heterocycles. The first kappa shape index (κ1) is 13.0. The van der Waals surface area contributed by atoms with Crippen molar-refractivity contribution in [2.24, 2.45) is 0 Å². The van der Waals surface area contributed by atoms with Crippen molar-refractivity contribution in [1.29, 1.82) is 0 Å². The molecule has 0 aliphatic heterocycles. The summed E-state index contributed by atoms with van der Waals surface area (Å²) in [5, 5.41) is 8.06. The van der Waals surface area contributed by atoms with Crippen LogP contribution in [-0.4, -0.2) is 43.9 Å². The molecule has 0 fully saturated rings. The lowest BCUT2D eigenvalue weighted by Crippen LogP contribution is -2.05. The molecule has 0 N–H and O–H groups in total. The first-order chi connectivity index (χ1) is 10.3. The normalized spacial score (nSPS) is 10.4. The van der Waals surface area contributed by atoms with Crippen LogP contribution in [0.2, 0.25) is 0 Å². The van der Waals surface area contributed by atoms with Gasteiger partial charge in [-0.3, -0.25) is 9.55 Å². The van der Waals surface area contributed by atoms with Crippen LogP contribution in [0.5, 0.6) is 11.8 Å². The predicted molar refractivity (Wildman–Crippen MR) is 73.3 cm³/mol. The number of rotatable bonds is 4. The molecule has 0 aliphatic rings. The van der Waals surface area contributed by atoms with Crippen LogP contribution in [0.3, 0.4) is 0 Å². The van der Waals surface area contributed by atoms with Gasteiger partial charge in [-0.25, -0.2) is 0 Å². The summed E-state index contributed by atoms with van der Waals surface area (Å²) in [4.78, 5) is 12.3. The fraction of sp³-hybridized carbons (Fsp3) is 0.154. The summed E-state index contributed by atoms with van der Waals surface area (Å²) in [6, 6.07) is 3.71. The van der Waals surface area contributed by atoms with E-state index in [1.54, 1.807) is 23.3 Å². The van der Waals surface area contributed by atoms with Gasteiger partial charge in [0.1, 0.15) is 12.7 Å². The highest BCUT2D eigenvalue weighted by atomic mass is 16.5. The van der Waals surface area contributed by atoms with Crippen molar-refractivity contribution < 1.29 is 9.47 Å². The van der Waals surface area contributed by atoms with Gasteiger partial charge in [-0.1, -0.05) is 0 Å². The third kappa shape index (κ3) is 2.27. The molecule has 0 spiro atoms. The van der Waals surface area contributed by atoms with Crippen LogP contribution in [-0.2, 0) is 0 Å². The molecule has 0 atom stereocenters. The lowest BCUT2D eigenvalue weighted by atomic mass is 10.2. The molecule has 0 amide bonds. The molecule has 0 unspecified atom stereocenters. The summed E-state index contributed by atoms with van der Waals surface area (Å²) in [6.45, 7) is 0. The smallest absolute Gasteiger partial charge is 0.245 e. The minimum atomic E-state index is 0.367. The SMILES string of the molecule is COc1ncnc(OC)c1-n1cnnc1-c1cccnc1. The molecule has 3 rings (SSSR count). The Balaban J connectivity index is 2.21. The van der Waals surface area contributed by atoms with Crippen LogP contribution in [0, 0.1) is 0 Å². The van der Waals surface area contributed by atoms with Crippen molar-refractivity contribution in [3.05, 3.63) is 37.2 Å². The molecular formula is C13H12N6O2. The Hall–Kier alpha value is -3.03. The molecule has 3 aromatic rings. The van der Waals surface area contributed by atoms with Crippen molar-refractivity contribution in [2.75, 3.05) is 14.2 Å². The Morgan fingerprint density at radius 1 is 1.10 bits per heavy atom. The van der Waals surface area contributed by atoms with Crippen LogP contribution in [0.25, 0.3) is 17.1 Å². The maximum atomic E-state index is 5.28. The van der Waals surface area contributed by atoms with Gasteiger partial charge >= 0.3 is 0 Å². The molecule has 0 saturated heterocycles. The van der Waals surface area contributed by atoms with E-state index in [2.05, 4.69) is 25.1 Å². The number of ether oxygens (including phenoxy) is 2. The number of hydrogen-bond acceptors (Lipinski definition) is 7. The van der Waals surface area contributed by atoms with Crippen LogP contribution in [0.1, 0.15) is 0 Å². The van der Waals surface area contributed by atoms with Gasteiger partial charge in [0.2, 0.25) is 11.8 Å². The summed E-state index contributed by atoms with van der Waals surface area (Å²) in [5.74, 6) is 1.33. The van der Waals surface area contributed by atoms with Crippen molar-refractivity contribution in [3.63, 3.8) is 0 Å². The zero-order valence-electron chi connectivity index (χ0n) is 11.5. The topological polar surface area (TPSA) is 87.8 Å². The summed E-state index contributed by atoms with van der Waals surface area (Å²) in [5.41, 5.74) is 1.34. The molecule has 0 aliphatic carbocycles. The predicted octanol–water partition coefficient (Wildman–Crippen LogP) is 1.14. The second-order valence-electron chi connectivity index (χ2n) is 4.01. The van der Waals surface area contributed by atoms with Crippen LogP contribution in [0.4, 0.5) is 0 Å². The Morgan fingerprint density at radius 2 is 1.86 bits per heavy atom. The van der Waals surface area contributed by atoms with Crippen LogP contribution >= 0.6 is 0 Å². The van der Waals surface area contributed by atoms with Gasteiger partial charge in [-0.05, 0) is 12.1 Å². The van der Waals surface area contributed by atoms with E-state index in [9.17, 15) is 0 Å². The molecule has 8 heteroatoms. The third-order valence-corrected chi connectivity index (χ3v) is 2.85. The lowest BCUT2D eigenvalue weighted by Gasteiger charge is -2.12. The summed E-state index contributed by atoms with van der Waals surface area (Å²) >= 11 is 0. The van der Waals surface area contributed by atoms with Gasteiger partial charge < -0.3 is 9.47 Å². The van der Waals surface area contributed by atoms with Crippen LogP contribution < -0.4 is 9.47 Å². The molecule has 0 bridgehead atoms. The largest absolute Gasteiger partial charge is 0.479 e. The van der Waals surface area contributed by atoms with Crippen molar-refractivity contribution in [1.82, 2.24) is 29.7 Å². The number of pyridine rings is 1. The summed E-state index contributed by atoms with van der Waals surface area (Å²) in [6.07, 6.45) is 6.31. The van der Waals surface area contributed by atoms with E-state index in [-0.39, 0.29) is 0 Å². The maximum absolute atomic E-state index is 5.28. The van der Waals surface area contributed by atoms with E-state index in [1.165, 1.54) is 20.5 Å². The van der Waals surface area contributed by atoms with E-state index in [1.807, 2.05) is 12.1 Å². The van der Waals surface area contributed by atoms with E-state index in [0.29, 0.717) is 23.3 Å². The second-order valence-corrected chi connectivity index (χ2v) is 4.01. The van der Waals surface area contributed by atoms with Gasteiger partial charge in [0.05, 0.1) is 14.2 Å². The molecule has 3 heterocycles. The van der Waals surface area contributed by atoms with Gasteiger partial charge in [0.25, 0.3) is 0 Å². The number of hydrogen-bond donors (Lipinski definition) is 0. The molecule has 21 heavy (non-hydrogen) atoms. The zero-order valence-corrected chi connectivity index (χ0v) is 11.5. The fourth-order valence-electron chi connectivity index (χ4n) is 1.94. The second kappa shape index (κ2) is 5.53. The Bertz CT molecular complexity index is 721.